The fourth-order valence-electron chi connectivity index (χ4n) is 1.97. The molecule has 0 aliphatic heterocycles. The first-order valence-corrected chi connectivity index (χ1v) is 7.55. The molecule has 1 atom stereocenters. The number of nitrogens with zero attached hydrogens (tertiary/aromatic N) is 2. The third-order valence-corrected chi connectivity index (χ3v) is 4.15. The Morgan fingerprint density at radius 3 is 2.71 bits per heavy atom. The van der Waals surface area contributed by atoms with E-state index in [4.69, 9.17) is 9.47 Å². The number of rotatable bonds is 7. The summed E-state index contributed by atoms with van der Waals surface area (Å²) in [5.74, 6) is 2.49. The van der Waals surface area contributed by atoms with E-state index < -0.39 is 0 Å². The molecule has 5 nitrogen and oxygen atoms in total. The molecule has 21 heavy (non-hydrogen) atoms. The molecule has 1 aromatic carbocycles. The Bertz CT molecular complexity index is 566. The van der Waals surface area contributed by atoms with E-state index in [2.05, 4.69) is 15.3 Å². The van der Waals surface area contributed by atoms with E-state index in [1.54, 1.807) is 38.5 Å². The number of nitrogens with one attached hydrogen (secondary N) is 1. The maximum atomic E-state index is 5.45. The quantitative estimate of drug-likeness (QED) is 0.627. The van der Waals surface area contributed by atoms with Crippen LogP contribution in [0, 0.1) is 0 Å². The van der Waals surface area contributed by atoms with Crippen LogP contribution in [-0.2, 0) is 0 Å². The Morgan fingerprint density at radius 2 is 2.10 bits per heavy atom. The fourth-order valence-corrected chi connectivity index (χ4v) is 2.94. The third-order valence-electron chi connectivity index (χ3n) is 3.11. The van der Waals surface area contributed by atoms with Gasteiger partial charge in [-0.05, 0) is 31.3 Å². The van der Waals surface area contributed by atoms with Gasteiger partial charge in [0.2, 0.25) is 0 Å². The van der Waals surface area contributed by atoms with Crippen molar-refractivity contribution >= 4 is 11.8 Å². The molecule has 0 amide bonds. The molecule has 1 N–H and O–H groups in total. The van der Waals surface area contributed by atoms with Gasteiger partial charge in [0.05, 0.1) is 19.2 Å². The van der Waals surface area contributed by atoms with Crippen molar-refractivity contribution in [2.75, 3.05) is 27.0 Å². The number of hydrogen-bond acceptors (Lipinski definition) is 6. The number of benzene rings is 1. The van der Waals surface area contributed by atoms with Gasteiger partial charge < -0.3 is 14.8 Å². The second kappa shape index (κ2) is 7.85. The summed E-state index contributed by atoms with van der Waals surface area (Å²) in [6.45, 7) is 0. The summed E-state index contributed by atoms with van der Waals surface area (Å²) in [6.07, 6.45) is 3.30. The van der Waals surface area contributed by atoms with Gasteiger partial charge in [-0.15, -0.1) is 11.8 Å². The number of hydrogen-bond donors (Lipinski definition) is 1. The van der Waals surface area contributed by atoms with Crippen molar-refractivity contribution in [1.29, 1.82) is 0 Å². The standard InChI is InChI=1S/C15H19N3O2S/c1-16-13(9-21-15-6-7-17-10-18-15)12-8-11(19-2)4-5-14(12)20-3/h4-8,10,13,16H,9H2,1-3H3. The predicted octanol–water partition coefficient (Wildman–Crippen LogP) is 2.55. The lowest BCUT2D eigenvalue weighted by atomic mass is 10.1. The van der Waals surface area contributed by atoms with E-state index in [1.165, 1.54) is 0 Å². The highest BCUT2D eigenvalue weighted by Crippen LogP contribution is 2.32. The van der Waals surface area contributed by atoms with E-state index in [0.717, 1.165) is 27.8 Å². The van der Waals surface area contributed by atoms with Crippen LogP contribution >= 0.6 is 11.8 Å². The van der Waals surface area contributed by atoms with Crippen LogP contribution in [-0.4, -0.2) is 37.0 Å². The largest absolute Gasteiger partial charge is 0.497 e. The minimum atomic E-state index is 0.134. The van der Waals surface area contributed by atoms with Crippen LogP contribution in [0.2, 0.25) is 0 Å². The van der Waals surface area contributed by atoms with Gasteiger partial charge >= 0.3 is 0 Å². The number of aromatic nitrogens is 2. The molecule has 112 valence electrons. The average Bonchev–Trinajstić information content (AvgIpc) is 2.56. The van der Waals surface area contributed by atoms with Gasteiger partial charge in [-0.3, -0.25) is 0 Å². The molecule has 0 aliphatic rings. The smallest absolute Gasteiger partial charge is 0.123 e. The van der Waals surface area contributed by atoms with Crippen molar-refractivity contribution < 1.29 is 9.47 Å². The Balaban J connectivity index is 2.16. The maximum Gasteiger partial charge on any atom is 0.123 e. The van der Waals surface area contributed by atoms with Crippen LogP contribution in [0.1, 0.15) is 11.6 Å². The molecule has 1 aromatic heterocycles. The Labute approximate surface area is 129 Å². The zero-order valence-electron chi connectivity index (χ0n) is 12.4. The Kier molecular flexibility index (Phi) is 5.83. The lowest BCUT2D eigenvalue weighted by molar-refractivity contribution is 0.394. The van der Waals surface area contributed by atoms with Gasteiger partial charge in [-0.2, -0.15) is 0 Å². The first kappa shape index (κ1) is 15.6. The second-order valence-electron chi connectivity index (χ2n) is 4.31. The average molecular weight is 305 g/mol. The minimum Gasteiger partial charge on any atom is -0.497 e. The number of ether oxygens (including phenoxy) is 2. The van der Waals surface area contributed by atoms with E-state index >= 15 is 0 Å². The molecular weight excluding hydrogens is 286 g/mol. The number of thioether (sulfide) groups is 1. The van der Waals surface area contributed by atoms with Crippen LogP contribution in [0.4, 0.5) is 0 Å². The van der Waals surface area contributed by atoms with Crippen molar-refractivity contribution in [3.63, 3.8) is 0 Å². The van der Waals surface area contributed by atoms with Crippen LogP contribution in [0.25, 0.3) is 0 Å². The van der Waals surface area contributed by atoms with Gasteiger partial charge in [-0.1, -0.05) is 0 Å². The molecule has 0 saturated carbocycles. The van der Waals surface area contributed by atoms with Crippen molar-refractivity contribution in [2.24, 2.45) is 0 Å². The minimum absolute atomic E-state index is 0.134. The van der Waals surface area contributed by atoms with Gasteiger partial charge in [0, 0.05) is 23.6 Å². The molecule has 0 fully saturated rings. The summed E-state index contributed by atoms with van der Waals surface area (Å²) < 4.78 is 10.8. The van der Waals surface area contributed by atoms with Crippen molar-refractivity contribution in [3.8, 4) is 11.5 Å². The van der Waals surface area contributed by atoms with Crippen LogP contribution < -0.4 is 14.8 Å². The zero-order chi connectivity index (χ0) is 15.1. The van der Waals surface area contributed by atoms with E-state index in [1.807, 2.05) is 31.3 Å². The second-order valence-corrected chi connectivity index (χ2v) is 5.35. The van der Waals surface area contributed by atoms with E-state index in [0.29, 0.717) is 0 Å². The molecule has 0 bridgehead atoms. The molecule has 2 aromatic rings. The van der Waals surface area contributed by atoms with Gasteiger partial charge in [0.1, 0.15) is 17.8 Å². The molecule has 1 unspecified atom stereocenters. The maximum absolute atomic E-state index is 5.45. The molecule has 0 spiro atoms. The molecule has 1 heterocycles. The predicted molar refractivity (Wildman–Crippen MR) is 84.1 cm³/mol. The summed E-state index contributed by atoms with van der Waals surface area (Å²) in [5.41, 5.74) is 1.07. The highest BCUT2D eigenvalue weighted by Gasteiger charge is 2.16. The van der Waals surface area contributed by atoms with Gasteiger partial charge in [0.15, 0.2) is 0 Å². The monoisotopic (exact) mass is 305 g/mol. The molecular formula is C15H19N3O2S. The summed E-state index contributed by atoms with van der Waals surface area (Å²) in [5, 5.41) is 4.27. The molecule has 2 rings (SSSR count). The van der Waals surface area contributed by atoms with Crippen molar-refractivity contribution in [2.45, 2.75) is 11.1 Å². The lowest BCUT2D eigenvalue weighted by Gasteiger charge is -2.19. The van der Waals surface area contributed by atoms with Crippen molar-refractivity contribution in [3.05, 3.63) is 42.4 Å². The van der Waals surface area contributed by atoms with E-state index in [-0.39, 0.29) is 6.04 Å². The van der Waals surface area contributed by atoms with Crippen LogP contribution in [0.5, 0.6) is 11.5 Å². The molecule has 0 saturated heterocycles. The first-order chi connectivity index (χ1) is 10.3. The lowest BCUT2D eigenvalue weighted by Crippen LogP contribution is -2.19. The van der Waals surface area contributed by atoms with Gasteiger partial charge in [-0.25, -0.2) is 9.97 Å². The summed E-state index contributed by atoms with van der Waals surface area (Å²) in [4.78, 5) is 8.15. The molecule has 6 heteroatoms. The Morgan fingerprint density at radius 1 is 1.24 bits per heavy atom. The number of methoxy groups -OCH3 is 2. The van der Waals surface area contributed by atoms with E-state index in [9.17, 15) is 0 Å². The summed E-state index contributed by atoms with van der Waals surface area (Å²) in [6, 6.07) is 7.86. The van der Waals surface area contributed by atoms with Crippen LogP contribution in [0.3, 0.4) is 0 Å². The topological polar surface area (TPSA) is 56.3 Å². The zero-order valence-corrected chi connectivity index (χ0v) is 13.2. The SMILES string of the molecule is CNC(CSc1ccncn1)c1cc(OC)ccc1OC. The Hall–Kier alpha value is -1.79. The first-order valence-electron chi connectivity index (χ1n) is 6.56. The summed E-state index contributed by atoms with van der Waals surface area (Å²) in [7, 11) is 5.27. The highest BCUT2D eigenvalue weighted by atomic mass is 32.2. The molecule has 0 aliphatic carbocycles. The van der Waals surface area contributed by atoms with Crippen LogP contribution in [0.15, 0.2) is 41.8 Å². The molecule has 0 radical (unpaired) electrons. The highest BCUT2D eigenvalue weighted by molar-refractivity contribution is 7.99. The third kappa shape index (κ3) is 4.09. The van der Waals surface area contributed by atoms with Crippen molar-refractivity contribution in [1.82, 2.24) is 15.3 Å². The summed E-state index contributed by atoms with van der Waals surface area (Å²) >= 11 is 1.67. The normalized spacial score (nSPS) is 12.0. The fraction of sp³-hybridized carbons (Fsp3) is 0.333. The van der Waals surface area contributed by atoms with Gasteiger partial charge in [0.25, 0.3) is 0 Å².